The molecular formula is C9H9NO2S. The standard InChI is InChI=1S/C9H9NO2S/c1-7(11)12-9(2,6-10)8-4-3-5-13-8/h3-5H,1-2H3/t9-/m1/s1. The molecule has 0 saturated carbocycles. The quantitative estimate of drug-likeness (QED) is 0.678. The summed E-state index contributed by atoms with van der Waals surface area (Å²) in [5.41, 5.74) is -1.14. The second kappa shape index (κ2) is 3.58. The van der Waals surface area contributed by atoms with Gasteiger partial charge in [0.15, 0.2) is 0 Å². The Bertz CT molecular complexity index is 339. The van der Waals surface area contributed by atoms with Crippen LogP contribution < -0.4 is 0 Å². The number of hydrogen-bond acceptors (Lipinski definition) is 4. The number of carbonyl (C=O) groups is 1. The lowest BCUT2D eigenvalue weighted by molar-refractivity contribution is -0.150. The Labute approximate surface area is 80.6 Å². The van der Waals surface area contributed by atoms with Gasteiger partial charge in [0.1, 0.15) is 6.07 Å². The van der Waals surface area contributed by atoms with E-state index >= 15 is 0 Å². The van der Waals surface area contributed by atoms with E-state index in [-0.39, 0.29) is 0 Å². The van der Waals surface area contributed by atoms with Gasteiger partial charge in [-0.05, 0) is 18.4 Å². The Balaban J connectivity index is 2.96. The molecule has 0 fully saturated rings. The first-order valence-corrected chi connectivity index (χ1v) is 4.61. The number of thiophene rings is 1. The minimum absolute atomic E-state index is 0.447. The van der Waals surface area contributed by atoms with Gasteiger partial charge in [-0.25, -0.2) is 0 Å². The van der Waals surface area contributed by atoms with Crippen LogP contribution in [0.3, 0.4) is 0 Å². The Morgan fingerprint density at radius 1 is 1.77 bits per heavy atom. The summed E-state index contributed by atoms with van der Waals surface area (Å²) in [5.74, 6) is -0.447. The highest BCUT2D eigenvalue weighted by Gasteiger charge is 2.30. The molecule has 0 aliphatic carbocycles. The summed E-state index contributed by atoms with van der Waals surface area (Å²) in [4.78, 5) is 11.5. The van der Waals surface area contributed by atoms with Crippen molar-refractivity contribution in [3.05, 3.63) is 22.4 Å². The van der Waals surface area contributed by atoms with Crippen molar-refractivity contribution in [1.82, 2.24) is 0 Å². The van der Waals surface area contributed by atoms with Crippen molar-refractivity contribution in [3.63, 3.8) is 0 Å². The van der Waals surface area contributed by atoms with E-state index in [0.717, 1.165) is 4.88 Å². The van der Waals surface area contributed by atoms with Gasteiger partial charge in [0, 0.05) is 6.92 Å². The maximum absolute atomic E-state index is 10.7. The summed E-state index contributed by atoms with van der Waals surface area (Å²) in [7, 11) is 0. The van der Waals surface area contributed by atoms with Gasteiger partial charge in [0.05, 0.1) is 4.88 Å². The average Bonchev–Trinajstić information content (AvgIpc) is 2.55. The molecule has 0 bridgehead atoms. The molecule has 13 heavy (non-hydrogen) atoms. The Hall–Kier alpha value is -1.34. The van der Waals surface area contributed by atoms with Crippen LogP contribution in [0.1, 0.15) is 18.7 Å². The van der Waals surface area contributed by atoms with Gasteiger partial charge < -0.3 is 4.74 Å². The summed E-state index contributed by atoms with van der Waals surface area (Å²) in [6.07, 6.45) is 0. The number of hydrogen-bond donors (Lipinski definition) is 0. The summed E-state index contributed by atoms with van der Waals surface area (Å²) < 4.78 is 4.94. The van der Waals surface area contributed by atoms with Gasteiger partial charge in [-0.15, -0.1) is 11.3 Å². The molecule has 1 heterocycles. The first-order valence-electron chi connectivity index (χ1n) is 3.73. The van der Waals surface area contributed by atoms with Crippen molar-refractivity contribution in [2.24, 2.45) is 0 Å². The van der Waals surface area contributed by atoms with Gasteiger partial charge >= 0.3 is 5.97 Å². The molecule has 4 heteroatoms. The maximum atomic E-state index is 10.7. The Morgan fingerprint density at radius 3 is 2.85 bits per heavy atom. The maximum Gasteiger partial charge on any atom is 0.304 e. The van der Waals surface area contributed by atoms with Gasteiger partial charge in [-0.3, -0.25) is 4.79 Å². The predicted octanol–water partition coefficient (Wildman–Crippen LogP) is 2.05. The molecule has 0 saturated heterocycles. The highest BCUT2D eigenvalue weighted by Crippen LogP contribution is 2.28. The fraction of sp³-hybridized carbons (Fsp3) is 0.333. The van der Waals surface area contributed by atoms with E-state index in [9.17, 15) is 4.79 Å². The van der Waals surface area contributed by atoms with E-state index in [1.54, 1.807) is 13.0 Å². The number of rotatable bonds is 2. The number of carbonyl (C=O) groups excluding carboxylic acids is 1. The smallest absolute Gasteiger partial charge is 0.304 e. The summed E-state index contributed by atoms with van der Waals surface area (Å²) in [6.45, 7) is 2.88. The van der Waals surface area contributed by atoms with E-state index in [1.807, 2.05) is 17.5 Å². The minimum Gasteiger partial charge on any atom is -0.439 e. The van der Waals surface area contributed by atoms with Crippen LogP contribution in [-0.2, 0) is 15.1 Å². The normalized spacial score (nSPS) is 14.2. The molecule has 0 radical (unpaired) electrons. The Kier molecular flexibility index (Phi) is 2.69. The van der Waals surface area contributed by atoms with Crippen molar-refractivity contribution in [2.45, 2.75) is 19.4 Å². The third kappa shape index (κ3) is 2.07. The van der Waals surface area contributed by atoms with E-state index in [0.29, 0.717) is 0 Å². The van der Waals surface area contributed by atoms with Crippen LogP contribution in [0.4, 0.5) is 0 Å². The van der Waals surface area contributed by atoms with E-state index in [2.05, 4.69) is 0 Å². The monoisotopic (exact) mass is 195 g/mol. The van der Waals surface area contributed by atoms with Crippen LogP contribution in [0.25, 0.3) is 0 Å². The first-order chi connectivity index (χ1) is 6.08. The van der Waals surface area contributed by atoms with Crippen molar-refractivity contribution >= 4 is 17.3 Å². The largest absolute Gasteiger partial charge is 0.439 e. The van der Waals surface area contributed by atoms with Crippen molar-refractivity contribution in [1.29, 1.82) is 5.26 Å². The molecule has 1 atom stereocenters. The molecule has 0 aromatic carbocycles. The zero-order valence-corrected chi connectivity index (χ0v) is 8.22. The Morgan fingerprint density at radius 2 is 2.46 bits per heavy atom. The zero-order valence-electron chi connectivity index (χ0n) is 7.40. The molecule has 3 nitrogen and oxygen atoms in total. The van der Waals surface area contributed by atoms with Crippen LogP contribution in [-0.4, -0.2) is 5.97 Å². The van der Waals surface area contributed by atoms with E-state index in [4.69, 9.17) is 10.00 Å². The third-order valence-corrected chi connectivity index (χ3v) is 2.63. The molecule has 0 amide bonds. The summed E-state index contributed by atoms with van der Waals surface area (Å²) >= 11 is 1.40. The van der Waals surface area contributed by atoms with E-state index < -0.39 is 11.6 Å². The van der Waals surface area contributed by atoms with Crippen LogP contribution in [0.5, 0.6) is 0 Å². The number of ether oxygens (including phenoxy) is 1. The topological polar surface area (TPSA) is 50.1 Å². The van der Waals surface area contributed by atoms with Crippen molar-refractivity contribution in [3.8, 4) is 6.07 Å². The van der Waals surface area contributed by atoms with Crippen molar-refractivity contribution in [2.75, 3.05) is 0 Å². The average molecular weight is 195 g/mol. The first kappa shape index (κ1) is 9.75. The van der Waals surface area contributed by atoms with E-state index in [1.165, 1.54) is 18.3 Å². The van der Waals surface area contributed by atoms with Crippen molar-refractivity contribution < 1.29 is 9.53 Å². The highest BCUT2D eigenvalue weighted by molar-refractivity contribution is 7.10. The molecule has 0 aliphatic heterocycles. The second-order valence-electron chi connectivity index (χ2n) is 2.72. The lowest BCUT2D eigenvalue weighted by atomic mass is 10.1. The summed E-state index contributed by atoms with van der Waals surface area (Å²) in [6, 6.07) is 5.57. The second-order valence-corrected chi connectivity index (χ2v) is 3.66. The predicted molar refractivity (Wildman–Crippen MR) is 49.1 cm³/mol. The molecule has 1 rings (SSSR count). The molecule has 0 spiro atoms. The van der Waals surface area contributed by atoms with Gasteiger partial charge in [-0.1, -0.05) is 6.07 Å². The van der Waals surface area contributed by atoms with Gasteiger partial charge in [0.2, 0.25) is 5.60 Å². The highest BCUT2D eigenvalue weighted by atomic mass is 32.1. The fourth-order valence-electron chi connectivity index (χ4n) is 0.966. The molecule has 0 N–H and O–H groups in total. The molecule has 68 valence electrons. The third-order valence-electron chi connectivity index (χ3n) is 1.55. The molecule has 0 aliphatic rings. The fourth-order valence-corrected chi connectivity index (χ4v) is 1.74. The lowest BCUT2D eigenvalue weighted by Crippen LogP contribution is -2.24. The van der Waals surface area contributed by atoms with Crippen LogP contribution in [0, 0.1) is 11.3 Å². The number of nitrogens with zero attached hydrogens (tertiary/aromatic N) is 1. The molecular weight excluding hydrogens is 186 g/mol. The molecule has 1 aromatic rings. The lowest BCUT2D eigenvalue weighted by Gasteiger charge is -2.19. The van der Waals surface area contributed by atoms with Crippen LogP contribution in [0.15, 0.2) is 17.5 Å². The number of nitriles is 1. The van der Waals surface area contributed by atoms with Crippen LogP contribution in [0.2, 0.25) is 0 Å². The SMILES string of the molecule is CC(=O)O[C@](C)(C#N)c1cccs1. The number of esters is 1. The molecule has 0 unspecified atom stereocenters. The van der Waals surface area contributed by atoms with Crippen LogP contribution >= 0.6 is 11.3 Å². The minimum atomic E-state index is -1.14. The summed E-state index contributed by atoms with van der Waals surface area (Å²) in [5, 5.41) is 10.7. The van der Waals surface area contributed by atoms with Gasteiger partial charge in [-0.2, -0.15) is 5.26 Å². The van der Waals surface area contributed by atoms with Gasteiger partial charge in [0.25, 0.3) is 0 Å². The zero-order chi connectivity index (χ0) is 9.90. The molecule has 1 aromatic heterocycles.